The molecule has 2 heterocycles. The molecule has 0 bridgehead atoms. The number of hydrogen-bond acceptors (Lipinski definition) is 5. The highest BCUT2D eigenvalue weighted by molar-refractivity contribution is 6.30. The third kappa shape index (κ3) is 4.73. The number of rotatable bonds is 6. The van der Waals surface area contributed by atoms with Crippen molar-refractivity contribution in [3.8, 4) is 17.1 Å². The fourth-order valence-electron chi connectivity index (χ4n) is 3.42. The number of aromatic nitrogens is 1. The van der Waals surface area contributed by atoms with E-state index in [9.17, 15) is 0 Å². The molecule has 0 atom stereocenters. The van der Waals surface area contributed by atoms with E-state index >= 15 is 0 Å². The summed E-state index contributed by atoms with van der Waals surface area (Å²) in [6, 6.07) is 15.9. The molecule has 0 radical (unpaired) electrons. The number of oxazole rings is 1. The maximum absolute atomic E-state index is 5.96. The minimum Gasteiger partial charge on any atom is -0.497 e. The van der Waals surface area contributed by atoms with Gasteiger partial charge in [-0.15, -0.1) is 0 Å². The van der Waals surface area contributed by atoms with Crippen LogP contribution in [-0.4, -0.2) is 48.1 Å². The van der Waals surface area contributed by atoms with E-state index in [1.165, 1.54) is 5.56 Å². The summed E-state index contributed by atoms with van der Waals surface area (Å²) in [4.78, 5) is 9.32. The van der Waals surface area contributed by atoms with Crippen LogP contribution in [0.25, 0.3) is 11.3 Å². The fourth-order valence-corrected chi connectivity index (χ4v) is 3.54. The Balaban J connectivity index is 1.29. The number of hydrogen-bond donors (Lipinski definition) is 0. The van der Waals surface area contributed by atoms with Crippen molar-refractivity contribution in [2.75, 3.05) is 33.3 Å². The van der Waals surface area contributed by atoms with Gasteiger partial charge in [-0.2, -0.15) is 0 Å². The molecule has 0 spiro atoms. The van der Waals surface area contributed by atoms with E-state index in [-0.39, 0.29) is 0 Å². The molecular formula is C22H24ClN3O2. The summed E-state index contributed by atoms with van der Waals surface area (Å²) >= 11 is 5.96. The van der Waals surface area contributed by atoms with Gasteiger partial charge in [-0.1, -0.05) is 23.7 Å². The quantitative estimate of drug-likeness (QED) is 0.619. The summed E-state index contributed by atoms with van der Waals surface area (Å²) in [6.07, 6.45) is 1.80. The molecule has 146 valence electrons. The zero-order valence-corrected chi connectivity index (χ0v) is 16.7. The van der Waals surface area contributed by atoms with Crippen molar-refractivity contribution in [1.82, 2.24) is 14.8 Å². The molecule has 0 amide bonds. The van der Waals surface area contributed by atoms with Crippen LogP contribution in [-0.2, 0) is 13.1 Å². The van der Waals surface area contributed by atoms with Crippen molar-refractivity contribution in [3.63, 3.8) is 0 Å². The number of methoxy groups -OCH3 is 1. The molecule has 2 aromatic carbocycles. The van der Waals surface area contributed by atoms with Gasteiger partial charge in [-0.3, -0.25) is 9.80 Å². The van der Waals surface area contributed by atoms with E-state index in [0.29, 0.717) is 0 Å². The van der Waals surface area contributed by atoms with Crippen LogP contribution in [0.5, 0.6) is 5.75 Å². The smallest absolute Gasteiger partial charge is 0.209 e. The Hall–Kier alpha value is -2.34. The Labute approximate surface area is 170 Å². The topological polar surface area (TPSA) is 41.7 Å². The summed E-state index contributed by atoms with van der Waals surface area (Å²) in [6.45, 7) is 5.79. The normalized spacial score (nSPS) is 15.6. The predicted molar refractivity (Wildman–Crippen MR) is 110 cm³/mol. The molecule has 0 aliphatic carbocycles. The first-order valence-corrected chi connectivity index (χ1v) is 9.86. The van der Waals surface area contributed by atoms with Crippen LogP contribution in [0.1, 0.15) is 11.5 Å². The SMILES string of the molecule is COc1ccc(-c2cnc(CN3CCN(Cc4ccc(Cl)cc4)CC3)o2)cc1. The van der Waals surface area contributed by atoms with Gasteiger partial charge in [0.2, 0.25) is 5.89 Å². The minimum atomic E-state index is 0.741. The van der Waals surface area contributed by atoms with Gasteiger partial charge < -0.3 is 9.15 Å². The largest absolute Gasteiger partial charge is 0.497 e. The molecule has 4 rings (SSSR count). The van der Waals surface area contributed by atoms with Gasteiger partial charge in [-0.05, 0) is 42.0 Å². The standard InChI is InChI=1S/C22H24ClN3O2/c1-27-20-8-4-18(5-9-20)21-14-24-22(28-21)16-26-12-10-25(11-13-26)15-17-2-6-19(23)7-3-17/h2-9,14H,10-13,15-16H2,1H3. The molecule has 1 aliphatic rings. The van der Waals surface area contributed by atoms with Gasteiger partial charge in [0.05, 0.1) is 19.9 Å². The highest BCUT2D eigenvalue weighted by Crippen LogP contribution is 2.23. The number of piperazine rings is 1. The van der Waals surface area contributed by atoms with E-state index in [0.717, 1.165) is 67.3 Å². The van der Waals surface area contributed by atoms with Gasteiger partial charge in [0.25, 0.3) is 0 Å². The van der Waals surface area contributed by atoms with Crippen molar-refractivity contribution in [2.45, 2.75) is 13.1 Å². The Morgan fingerprint density at radius 3 is 2.21 bits per heavy atom. The van der Waals surface area contributed by atoms with Crippen LogP contribution in [0, 0.1) is 0 Å². The molecule has 1 aliphatic heterocycles. The summed E-state index contributed by atoms with van der Waals surface area (Å²) in [5.41, 5.74) is 2.31. The summed E-state index contributed by atoms with van der Waals surface area (Å²) in [5, 5.41) is 0.786. The van der Waals surface area contributed by atoms with Crippen molar-refractivity contribution >= 4 is 11.6 Å². The van der Waals surface area contributed by atoms with Gasteiger partial charge in [-0.25, -0.2) is 4.98 Å². The highest BCUT2D eigenvalue weighted by atomic mass is 35.5. The van der Waals surface area contributed by atoms with Crippen LogP contribution in [0.3, 0.4) is 0 Å². The number of halogens is 1. The lowest BCUT2D eigenvalue weighted by atomic mass is 10.2. The first-order chi connectivity index (χ1) is 13.7. The van der Waals surface area contributed by atoms with Crippen LogP contribution in [0.4, 0.5) is 0 Å². The fraction of sp³-hybridized carbons (Fsp3) is 0.318. The zero-order chi connectivity index (χ0) is 19.3. The van der Waals surface area contributed by atoms with Crippen molar-refractivity contribution in [1.29, 1.82) is 0 Å². The average molecular weight is 398 g/mol. The molecule has 3 aromatic rings. The Morgan fingerprint density at radius 2 is 1.57 bits per heavy atom. The lowest BCUT2D eigenvalue weighted by molar-refractivity contribution is 0.114. The predicted octanol–water partition coefficient (Wildman–Crippen LogP) is 4.32. The second kappa shape index (κ2) is 8.78. The molecule has 0 N–H and O–H groups in total. The molecule has 0 saturated carbocycles. The third-order valence-electron chi connectivity index (χ3n) is 5.07. The van der Waals surface area contributed by atoms with Crippen molar-refractivity contribution < 1.29 is 9.15 Å². The van der Waals surface area contributed by atoms with E-state index in [4.69, 9.17) is 20.8 Å². The van der Waals surface area contributed by atoms with E-state index in [1.807, 2.05) is 36.4 Å². The number of ether oxygens (including phenoxy) is 1. The molecule has 1 saturated heterocycles. The maximum atomic E-state index is 5.96. The third-order valence-corrected chi connectivity index (χ3v) is 5.32. The molecule has 1 aromatic heterocycles. The summed E-state index contributed by atoms with van der Waals surface area (Å²) < 4.78 is 11.2. The zero-order valence-electron chi connectivity index (χ0n) is 16.0. The Morgan fingerprint density at radius 1 is 0.929 bits per heavy atom. The highest BCUT2D eigenvalue weighted by Gasteiger charge is 2.19. The first kappa shape index (κ1) is 19.0. The lowest BCUT2D eigenvalue weighted by Gasteiger charge is -2.34. The average Bonchev–Trinajstić information content (AvgIpc) is 3.20. The van der Waals surface area contributed by atoms with Gasteiger partial charge in [0.15, 0.2) is 5.76 Å². The summed E-state index contributed by atoms with van der Waals surface area (Å²) in [7, 11) is 1.66. The van der Waals surface area contributed by atoms with Gasteiger partial charge >= 0.3 is 0 Å². The maximum Gasteiger partial charge on any atom is 0.209 e. The van der Waals surface area contributed by atoms with E-state index < -0.39 is 0 Å². The number of benzene rings is 2. The van der Waals surface area contributed by atoms with E-state index in [2.05, 4.69) is 26.9 Å². The molecule has 0 unspecified atom stereocenters. The molecule has 1 fully saturated rings. The first-order valence-electron chi connectivity index (χ1n) is 9.48. The molecular weight excluding hydrogens is 374 g/mol. The summed E-state index contributed by atoms with van der Waals surface area (Å²) in [5.74, 6) is 2.39. The van der Waals surface area contributed by atoms with Crippen LogP contribution < -0.4 is 4.74 Å². The number of nitrogens with zero attached hydrogens (tertiary/aromatic N) is 3. The molecule has 28 heavy (non-hydrogen) atoms. The van der Waals surface area contributed by atoms with Crippen LogP contribution >= 0.6 is 11.6 Å². The minimum absolute atomic E-state index is 0.741. The van der Waals surface area contributed by atoms with Gasteiger partial charge in [0.1, 0.15) is 5.75 Å². The monoisotopic (exact) mass is 397 g/mol. The van der Waals surface area contributed by atoms with Crippen molar-refractivity contribution in [3.05, 3.63) is 71.2 Å². The Kier molecular flexibility index (Phi) is 5.95. The van der Waals surface area contributed by atoms with Crippen molar-refractivity contribution in [2.24, 2.45) is 0 Å². The Bertz CT molecular complexity index is 885. The van der Waals surface area contributed by atoms with Gasteiger partial charge in [0, 0.05) is 43.3 Å². The van der Waals surface area contributed by atoms with Crippen LogP contribution in [0.15, 0.2) is 59.1 Å². The van der Waals surface area contributed by atoms with E-state index in [1.54, 1.807) is 13.3 Å². The second-order valence-corrected chi connectivity index (χ2v) is 7.46. The molecule has 6 heteroatoms. The molecule has 5 nitrogen and oxygen atoms in total. The second-order valence-electron chi connectivity index (χ2n) is 7.03. The van der Waals surface area contributed by atoms with Crippen LogP contribution in [0.2, 0.25) is 5.02 Å². The lowest BCUT2D eigenvalue weighted by Crippen LogP contribution is -2.45.